The minimum atomic E-state index is -0.353. The normalized spacial score (nSPS) is 10.1. The average molecular weight is 228 g/mol. The lowest BCUT2D eigenvalue weighted by Gasteiger charge is -2.06. The zero-order chi connectivity index (χ0) is 12.2. The van der Waals surface area contributed by atoms with Crippen LogP contribution in [0.4, 0.5) is 0 Å². The molecular weight excluding hydrogens is 204 g/mol. The van der Waals surface area contributed by atoms with E-state index in [9.17, 15) is 4.79 Å². The van der Waals surface area contributed by atoms with Crippen LogP contribution in [-0.4, -0.2) is 25.8 Å². The van der Waals surface area contributed by atoms with E-state index in [1.54, 1.807) is 6.92 Å². The maximum Gasteiger partial charge on any atom is 0.335 e. The highest BCUT2D eigenvalue weighted by atomic mass is 16.5. The second-order valence-electron chi connectivity index (χ2n) is 3.79. The molecule has 0 radical (unpaired) electrons. The van der Waals surface area contributed by atoms with Crippen LogP contribution >= 0.6 is 0 Å². The van der Waals surface area contributed by atoms with Gasteiger partial charge >= 0.3 is 5.97 Å². The highest BCUT2D eigenvalue weighted by Gasteiger charge is 2.06. The van der Waals surface area contributed by atoms with Crippen molar-refractivity contribution >= 4 is 5.97 Å². The highest BCUT2D eigenvalue weighted by Crippen LogP contribution is 2.03. The summed E-state index contributed by atoms with van der Waals surface area (Å²) in [5.41, 5.74) is 0.399. The summed E-state index contributed by atoms with van der Waals surface area (Å²) in [6.07, 6.45) is 6.05. The predicted octanol–water partition coefficient (Wildman–Crippen LogP) is 3.09. The Morgan fingerprint density at radius 2 is 1.81 bits per heavy atom. The van der Waals surface area contributed by atoms with E-state index in [1.807, 2.05) is 0 Å². The van der Waals surface area contributed by atoms with Crippen molar-refractivity contribution in [1.82, 2.24) is 0 Å². The molecule has 0 saturated carbocycles. The number of hydrogen-bond acceptors (Lipinski definition) is 3. The van der Waals surface area contributed by atoms with Crippen LogP contribution in [0.15, 0.2) is 12.2 Å². The molecule has 16 heavy (non-hydrogen) atoms. The Labute approximate surface area is 98.8 Å². The van der Waals surface area contributed by atoms with E-state index in [1.165, 1.54) is 25.7 Å². The molecule has 0 heterocycles. The van der Waals surface area contributed by atoms with Crippen LogP contribution in [0, 0.1) is 0 Å². The van der Waals surface area contributed by atoms with Crippen LogP contribution in [-0.2, 0) is 14.3 Å². The average Bonchev–Trinajstić information content (AvgIpc) is 2.28. The van der Waals surface area contributed by atoms with Gasteiger partial charge in [0, 0.05) is 6.61 Å². The van der Waals surface area contributed by atoms with Crippen LogP contribution < -0.4 is 0 Å². The van der Waals surface area contributed by atoms with Gasteiger partial charge in [0.15, 0.2) is 0 Å². The van der Waals surface area contributed by atoms with Gasteiger partial charge in [-0.05, 0) is 13.3 Å². The molecule has 0 unspecified atom stereocenters. The van der Waals surface area contributed by atoms with Gasteiger partial charge < -0.3 is 9.47 Å². The van der Waals surface area contributed by atoms with Crippen LogP contribution in [0.2, 0.25) is 0 Å². The molecule has 0 rings (SSSR count). The first-order chi connectivity index (χ1) is 7.72. The lowest BCUT2D eigenvalue weighted by atomic mass is 10.2. The second-order valence-corrected chi connectivity index (χ2v) is 3.79. The molecule has 0 aromatic heterocycles. The molecule has 0 atom stereocenters. The number of carbonyl (C=O) groups is 1. The molecule has 0 amide bonds. The molecule has 0 aliphatic carbocycles. The molecule has 0 aliphatic rings. The van der Waals surface area contributed by atoms with Crippen molar-refractivity contribution in [3.8, 4) is 0 Å². The van der Waals surface area contributed by atoms with Gasteiger partial charge in [0.25, 0.3) is 0 Å². The number of unbranched alkanes of at least 4 members (excludes halogenated alkanes) is 4. The first-order valence-corrected chi connectivity index (χ1v) is 6.15. The summed E-state index contributed by atoms with van der Waals surface area (Å²) in [5.74, 6) is -0.353. The summed E-state index contributed by atoms with van der Waals surface area (Å²) in [4.78, 5) is 11.1. The topological polar surface area (TPSA) is 35.5 Å². The van der Waals surface area contributed by atoms with Crippen LogP contribution in [0.5, 0.6) is 0 Å². The molecule has 0 fully saturated rings. The first-order valence-electron chi connectivity index (χ1n) is 6.15. The van der Waals surface area contributed by atoms with Crippen LogP contribution in [0.1, 0.15) is 46.0 Å². The molecule has 3 heteroatoms. The number of ether oxygens (including phenoxy) is 2. The number of carbonyl (C=O) groups excluding carboxylic acids is 1. The molecule has 94 valence electrons. The third-order valence-electron chi connectivity index (χ3n) is 2.23. The Hall–Kier alpha value is -0.830. The monoisotopic (exact) mass is 228 g/mol. The van der Waals surface area contributed by atoms with E-state index in [2.05, 4.69) is 13.5 Å². The Morgan fingerprint density at radius 3 is 2.44 bits per heavy atom. The number of esters is 1. The van der Waals surface area contributed by atoms with Crippen LogP contribution in [0.3, 0.4) is 0 Å². The van der Waals surface area contributed by atoms with E-state index >= 15 is 0 Å². The second kappa shape index (κ2) is 10.7. The largest absolute Gasteiger partial charge is 0.463 e. The zero-order valence-electron chi connectivity index (χ0n) is 10.6. The van der Waals surface area contributed by atoms with Gasteiger partial charge in [0.2, 0.25) is 0 Å². The summed E-state index contributed by atoms with van der Waals surface area (Å²) in [6, 6.07) is 0. The molecule has 0 saturated heterocycles. The third kappa shape index (κ3) is 8.48. The van der Waals surface area contributed by atoms with Crippen molar-refractivity contribution < 1.29 is 14.3 Å². The third-order valence-corrected chi connectivity index (χ3v) is 2.23. The van der Waals surface area contributed by atoms with Crippen molar-refractivity contribution in [1.29, 1.82) is 0 Å². The van der Waals surface area contributed by atoms with Gasteiger partial charge in [-0.1, -0.05) is 39.2 Å². The van der Waals surface area contributed by atoms with Gasteiger partial charge in [-0.2, -0.15) is 0 Å². The molecular formula is C13H24O3. The summed E-state index contributed by atoms with van der Waals surface area (Å²) in [6.45, 7) is 8.96. The molecule has 0 aromatic rings. The molecule has 0 aliphatic heterocycles. The van der Waals surface area contributed by atoms with E-state index in [0.717, 1.165) is 6.42 Å². The van der Waals surface area contributed by atoms with Crippen molar-refractivity contribution in [2.45, 2.75) is 46.0 Å². The van der Waals surface area contributed by atoms with Crippen molar-refractivity contribution in [3.05, 3.63) is 12.2 Å². The Balaban J connectivity index is 3.31. The molecule has 0 bridgehead atoms. The maximum atomic E-state index is 11.1. The lowest BCUT2D eigenvalue weighted by molar-refractivity contribution is -0.139. The smallest absolute Gasteiger partial charge is 0.335 e. The number of hydrogen-bond donors (Lipinski definition) is 0. The minimum absolute atomic E-state index is 0.284. The quantitative estimate of drug-likeness (QED) is 0.327. The predicted molar refractivity (Wildman–Crippen MR) is 65.4 cm³/mol. The molecule has 0 N–H and O–H groups in total. The van der Waals surface area contributed by atoms with E-state index in [4.69, 9.17) is 9.47 Å². The molecule has 3 nitrogen and oxygen atoms in total. The Morgan fingerprint density at radius 1 is 1.12 bits per heavy atom. The lowest BCUT2D eigenvalue weighted by Crippen LogP contribution is -2.12. The van der Waals surface area contributed by atoms with Crippen molar-refractivity contribution in [2.24, 2.45) is 0 Å². The number of rotatable bonds is 10. The first kappa shape index (κ1) is 15.2. The standard InChI is InChI=1S/C13H24O3/c1-4-6-7-8-9-10-15-11-12(3)13(14)16-5-2/h3-11H2,1-2H3. The Bertz CT molecular complexity index is 199. The van der Waals surface area contributed by atoms with E-state index in [0.29, 0.717) is 18.8 Å². The van der Waals surface area contributed by atoms with Gasteiger partial charge in [0.05, 0.1) is 18.8 Å². The fraction of sp³-hybridized carbons (Fsp3) is 0.769. The summed E-state index contributed by atoms with van der Waals surface area (Å²) in [7, 11) is 0. The maximum absolute atomic E-state index is 11.1. The van der Waals surface area contributed by atoms with Gasteiger partial charge in [0.1, 0.15) is 0 Å². The summed E-state index contributed by atoms with van der Waals surface area (Å²) < 4.78 is 10.1. The van der Waals surface area contributed by atoms with Gasteiger partial charge in [-0.25, -0.2) is 4.79 Å². The van der Waals surface area contributed by atoms with Crippen LogP contribution in [0.25, 0.3) is 0 Å². The fourth-order valence-electron chi connectivity index (χ4n) is 1.30. The molecule has 0 spiro atoms. The summed E-state index contributed by atoms with van der Waals surface area (Å²) >= 11 is 0. The SMILES string of the molecule is C=C(COCCCCCCC)C(=O)OCC. The van der Waals surface area contributed by atoms with Gasteiger partial charge in [-0.15, -0.1) is 0 Å². The van der Waals surface area contributed by atoms with Crippen molar-refractivity contribution in [2.75, 3.05) is 19.8 Å². The Kier molecular flexibility index (Phi) is 10.1. The van der Waals surface area contributed by atoms with E-state index in [-0.39, 0.29) is 12.6 Å². The highest BCUT2D eigenvalue weighted by molar-refractivity contribution is 5.87. The zero-order valence-corrected chi connectivity index (χ0v) is 10.6. The van der Waals surface area contributed by atoms with Crippen molar-refractivity contribution in [3.63, 3.8) is 0 Å². The van der Waals surface area contributed by atoms with E-state index < -0.39 is 0 Å². The molecule has 0 aromatic carbocycles. The fourth-order valence-corrected chi connectivity index (χ4v) is 1.30. The van der Waals surface area contributed by atoms with Gasteiger partial charge in [-0.3, -0.25) is 0 Å². The minimum Gasteiger partial charge on any atom is -0.463 e. The summed E-state index contributed by atoms with van der Waals surface area (Å²) in [5, 5.41) is 0.